The lowest BCUT2D eigenvalue weighted by Gasteiger charge is -2.53. The van der Waals surface area contributed by atoms with Crippen LogP contribution in [0.3, 0.4) is 0 Å². The Bertz CT molecular complexity index is 220. The molecule has 0 aromatic heterocycles. The topological polar surface area (TPSA) is 40.5 Å². The summed E-state index contributed by atoms with van der Waals surface area (Å²) in [5.74, 6) is 0. The number of hydrogen-bond donors (Lipinski definition) is 2. The molecule has 2 heteroatoms. The maximum Gasteiger partial charge on any atom is 0.0534 e. The predicted molar refractivity (Wildman–Crippen MR) is 46.6 cm³/mol. The van der Waals surface area contributed by atoms with E-state index in [4.69, 9.17) is 0 Å². The zero-order chi connectivity index (χ0) is 8.66. The first-order chi connectivity index (χ1) is 5.79. The molecule has 2 atom stereocenters. The van der Waals surface area contributed by atoms with Crippen LogP contribution in [-0.4, -0.2) is 23.4 Å². The van der Waals surface area contributed by atoms with Gasteiger partial charge in [-0.25, -0.2) is 0 Å². The maximum absolute atomic E-state index is 9.27. The van der Waals surface area contributed by atoms with Crippen LogP contribution in [0, 0.1) is 10.8 Å². The number of aliphatic hydroxyl groups excluding tert-OH is 2. The van der Waals surface area contributed by atoms with E-state index in [9.17, 15) is 10.2 Å². The SMILES string of the molecule is OCC12C=CC1(CO)CC=CC2. The van der Waals surface area contributed by atoms with Crippen molar-refractivity contribution in [2.45, 2.75) is 12.8 Å². The monoisotopic (exact) mass is 166 g/mol. The van der Waals surface area contributed by atoms with E-state index < -0.39 is 0 Å². The number of allylic oxidation sites excluding steroid dienone is 2. The summed E-state index contributed by atoms with van der Waals surface area (Å²) in [6.07, 6.45) is 9.97. The Balaban J connectivity index is 2.33. The van der Waals surface area contributed by atoms with Crippen LogP contribution in [0.15, 0.2) is 24.3 Å². The number of hydrogen-bond acceptors (Lipinski definition) is 2. The molecule has 0 saturated carbocycles. The second-order valence-electron chi connectivity index (χ2n) is 3.84. The highest BCUT2D eigenvalue weighted by Crippen LogP contribution is 2.56. The molecule has 0 heterocycles. The second-order valence-corrected chi connectivity index (χ2v) is 3.84. The van der Waals surface area contributed by atoms with Gasteiger partial charge in [-0.15, -0.1) is 0 Å². The van der Waals surface area contributed by atoms with Crippen molar-refractivity contribution in [1.82, 2.24) is 0 Å². The van der Waals surface area contributed by atoms with Gasteiger partial charge in [0, 0.05) is 10.8 Å². The van der Waals surface area contributed by atoms with Gasteiger partial charge in [0.05, 0.1) is 13.2 Å². The first kappa shape index (κ1) is 8.02. The lowest BCUT2D eigenvalue weighted by atomic mass is 9.51. The van der Waals surface area contributed by atoms with Gasteiger partial charge in [0.1, 0.15) is 0 Å². The first-order valence-corrected chi connectivity index (χ1v) is 4.36. The molecule has 0 spiro atoms. The molecule has 12 heavy (non-hydrogen) atoms. The van der Waals surface area contributed by atoms with Crippen molar-refractivity contribution in [2.75, 3.05) is 13.2 Å². The molecule has 0 aromatic carbocycles. The quantitative estimate of drug-likeness (QED) is 0.597. The minimum atomic E-state index is -0.156. The smallest absolute Gasteiger partial charge is 0.0534 e. The Morgan fingerprint density at radius 2 is 1.33 bits per heavy atom. The van der Waals surface area contributed by atoms with Gasteiger partial charge < -0.3 is 10.2 Å². The van der Waals surface area contributed by atoms with Gasteiger partial charge in [0.2, 0.25) is 0 Å². The van der Waals surface area contributed by atoms with Gasteiger partial charge in [-0.05, 0) is 12.8 Å². The second kappa shape index (κ2) is 2.44. The van der Waals surface area contributed by atoms with Gasteiger partial charge in [0.15, 0.2) is 0 Å². The Morgan fingerprint density at radius 3 is 1.58 bits per heavy atom. The molecule has 0 fully saturated rings. The molecule has 2 rings (SSSR count). The summed E-state index contributed by atoms with van der Waals surface area (Å²) in [6, 6.07) is 0. The highest BCUT2D eigenvalue weighted by molar-refractivity contribution is 5.32. The first-order valence-electron chi connectivity index (χ1n) is 4.36. The van der Waals surface area contributed by atoms with Crippen molar-refractivity contribution in [3.05, 3.63) is 24.3 Å². The van der Waals surface area contributed by atoms with E-state index in [2.05, 4.69) is 12.2 Å². The van der Waals surface area contributed by atoms with Gasteiger partial charge in [-0.1, -0.05) is 24.3 Å². The van der Waals surface area contributed by atoms with Crippen molar-refractivity contribution in [3.63, 3.8) is 0 Å². The van der Waals surface area contributed by atoms with E-state index >= 15 is 0 Å². The third-order valence-corrected chi connectivity index (χ3v) is 3.41. The summed E-state index contributed by atoms with van der Waals surface area (Å²) in [5.41, 5.74) is -0.312. The van der Waals surface area contributed by atoms with Crippen molar-refractivity contribution in [2.24, 2.45) is 10.8 Å². The molecule has 2 N–H and O–H groups in total. The predicted octanol–water partition coefficient (Wildman–Crippen LogP) is 0.864. The van der Waals surface area contributed by atoms with E-state index in [0.29, 0.717) is 0 Å². The molecule has 0 radical (unpaired) electrons. The van der Waals surface area contributed by atoms with Crippen LogP contribution in [0.4, 0.5) is 0 Å². The lowest BCUT2D eigenvalue weighted by Crippen LogP contribution is -2.51. The third kappa shape index (κ3) is 0.718. The summed E-state index contributed by atoms with van der Waals surface area (Å²) in [5, 5.41) is 18.5. The Hall–Kier alpha value is -0.600. The van der Waals surface area contributed by atoms with Gasteiger partial charge >= 0.3 is 0 Å². The lowest BCUT2D eigenvalue weighted by molar-refractivity contribution is -0.0152. The maximum atomic E-state index is 9.27. The molecular weight excluding hydrogens is 152 g/mol. The molecule has 0 aliphatic heterocycles. The Morgan fingerprint density at radius 1 is 0.917 bits per heavy atom. The van der Waals surface area contributed by atoms with Crippen molar-refractivity contribution in [1.29, 1.82) is 0 Å². The van der Waals surface area contributed by atoms with Crippen LogP contribution < -0.4 is 0 Å². The Kier molecular flexibility index (Phi) is 1.63. The van der Waals surface area contributed by atoms with Crippen LogP contribution in [0.5, 0.6) is 0 Å². The average molecular weight is 166 g/mol. The van der Waals surface area contributed by atoms with E-state index in [1.807, 2.05) is 12.2 Å². The summed E-state index contributed by atoms with van der Waals surface area (Å²) in [4.78, 5) is 0. The molecule has 2 aliphatic carbocycles. The molecule has 0 aromatic rings. The summed E-state index contributed by atoms with van der Waals surface area (Å²) in [7, 11) is 0. The zero-order valence-corrected chi connectivity index (χ0v) is 7.03. The molecule has 2 nitrogen and oxygen atoms in total. The van der Waals surface area contributed by atoms with Crippen LogP contribution in [0.2, 0.25) is 0 Å². The van der Waals surface area contributed by atoms with Gasteiger partial charge in [-0.2, -0.15) is 0 Å². The third-order valence-electron chi connectivity index (χ3n) is 3.41. The highest BCUT2D eigenvalue weighted by Gasteiger charge is 2.53. The zero-order valence-electron chi connectivity index (χ0n) is 7.03. The largest absolute Gasteiger partial charge is 0.395 e. The Labute approximate surface area is 72.2 Å². The summed E-state index contributed by atoms with van der Waals surface area (Å²) in [6.45, 7) is 0.294. The summed E-state index contributed by atoms with van der Waals surface area (Å²) >= 11 is 0. The molecule has 0 amide bonds. The minimum absolute atomic E-state index is 0.147. The summed E-state index contributed by atoms with van der Waals surface area (Å²) < 4.78 is 0. The van der Waals surface area contributed by atoms with Crippen molar-refractivity contribution < 1.29 is 10.2 Å². The van der Waals surface area contributed by atoms with Crippen LogP contribution >= 0.6 is 0 Å². The molecule has 0 bridgehead atoms. The van der Waals surface area contributed by atoms with Crippen molar-refractivity contribution in [3.8, 4) is 0 Å². The fourth-order valence-corrected chi connectivity index (χ4v) is 2.23. The standard InChI is InChI=1S/C10H14O2/c11-7-9-3-1-2-4-10(9,8-12)6-5-9/h1-2,5-6,11-12H,3-4,7-8H2. The average Bonchev–Trinajstić information content (AvgIpc) is 2.09. The number of aliphatic hydroxyl groups is 2. The molecular formula is C10H14O2. The highest BCUT2D eigenvalue weighted by atomic mass is 16.3. The molecule has 2 unspecified atom stereocenters. The molecule has 66 valence electrons. The van der Waals surface area contributed by atoms with Crippen LogP contribution in [0.1, 0.15) is 12.8 Å². The van der Waals surface area contributed by atoms with Crippen molar-refractivity contribution >= 4 is 0 Å². The van der Waals surface area contributed by atoms with E-state index in [-0.39, 0.29) is 24.0 Å². The van der Waals surface area contributed by atoms with Crippen LogP contribution in [0.25, 0.3) is 0 Å². The van der Waals surface area contributed by atoms with E-state index in [1.54, 1.807) is 0 Å². The number of fused-ring (bicyclic) bond motifs is 1. The van der Waals surface area contributed by atoms with E-state index in [0.717, 1.165) is 12.8 Å². The minimum Gasteiger partial charge on any atom is -0.395 e. The fraction of sp³-hybridized carbons (Fsp3) is 0.600. The fourth-order valence-electron chi connectivity index (χ4n) is 2.23. The number of rotatable bonds is 2. The van der Waals surface area contributed by atoms with Gasteiger partial charge in [-0.3, -0.25) is 0 Å². The molecule has 0 saturated heterocycles. The van der Waals surface area contributed by atoms with E-state index in [1.165, 1.54) is 0 Å². The van der Waals surface area contributed by atoms with Crippen LogP contribution in [-0.2, 0) is 0 Å². The van der Waals surface area contributed by atoms with Gasteiger partial charge in [0.25, 0.3) is 0 Å². The normalized spacial score (nSPS) is 43.8. The molecule has 2 aliphatic rings.